The van der Waals surface area contributed by atoms with E-state index in [-0.39, 0.29) is 12.5 Å². The Labute approximate surface area is 371 Å². The van der Waals surface area contributed by atoms with E-state index in [1.54, 1.807) is 0 Å². The van der Waals surface area contributed by atoms with E-state index in [1.165, 1.54) is 51.4 Å². The van der Waals surface area contributed by atoms with Crippen LogP contribution in [-0.2, 0) is 14.3 Å². The molecule has 1 aliphatic heterocycles. The SMILES string of the molecule is CC/C=C\C/C=C\C/C=C\C/C=C\C/C=C\C/C=C\C/C=C\CCCCCCCCCCCCCC(=O)NC(COC1OC(CO)C(O)C(O)C1O)C(O)CCCCCCC. The zero-order chi connectivity index (χ0) is 44.4. The second-order valence-electron chi connectivity index (χ2n) is 16.5. The summed E-state index contributed by atoms with van der Waals surface area (Å²) in [7, 11) is 0. The molecule has 7 atom stereocenters. The third-order valence-electron chi connectivity index (χ3n) is 11.0. The van der Waals surface area contributed by atoms with Crippen LogP contribution in [0.3, 0.4) is 0 Å². The Bertz CT molecular complexity index is 1220. The molecule has 0 radical (unpaired) electrons. The summed E-state index contributed by atoms with van der Waals surface area (Å²) in [6.07, 6.45) is 50.9. The highest BCUT2D eigenvalue weighted by Gasteiger charge is 2.44. The number of allylic oxidation sites excluding steroid dienone is 14. The summed E-state index contributed by atoms with van der Waals surface area (Å²) < 4.78 is 11.2. The van der Waals surface area contributed by atoms with Crippen LogP contribution in [0, 0.1) is 0 Å². The first kappa shape index (κ1) is 56.4. The van der Waals surface area contributed by atoms with Gasteiger partial charge in [0.05, 0.1) is 25.4 Å². The zero-order valence-corrected chi connectivity index (χ0v) is 38.4. The first-order valence-corrected chi connectivity index (χ1v) is 24.3. The van der Waals surface area contributed by atoms with Crippen LogP contribution in [0.2, 0.25) is 0 Å². The van der Waals surface area contributed by atoms with Gasteiger partial charge in [-0.05, 0) is 70.6 Å². The molecule has 1 saturated heterocycles. The molecule has 9 nitrogen and oxygen atoms in total. The van der Waals surface area contributed by atoms with Gasteiger partial charge in [0.25, 0.3) is 0 Å². The van der Waals surface area contributed by atoms with Crippen molar-refractivity contribution in [2.45, 2.75) is 224 Å². The topological polar surface area (TPSA) is 149 Å². The molecule has 61 heavy (non-hydrogen) atoms. The van der Waals surface area contributed by atoms with Gasteiger partial charge in [-0.1, -0.05) is 189 Å². The van der Waals surface area contributed by atoms with Gasteiger partial charge in [-0.2, -0.15) is 0 Å². The highest BCUT2D eigenvalue weighted by atomic mass is 16.7. The van der Waals surface area contributed by atoms with Crippen molar-refractivity contribution in [3.63, 3.8) is 0 Å². The molecule has 1 fully saturated rings. The van der Waals surface area contributed by atoms with Gasteiger partial charge in [-0.3, -0.25) is 4.79 Å². The van der Waals surface area contributed by atoms with Crippen LogP contribution in [-0.4, -0.2) is 87.5 Å². The van der Waals surface area contributed by atoms with E-state index >= 15 is 0 Å². The summed E-state index contributed by atoms with van der Waals surface area (Å²) in [6, 6.07) is -0.721. The standard InChI is InChI=1S/C52H89NO8/c1-3-5-7-9-10-11-12-13-14-15-16-17-18-19-20-21-22-23-24-25-26-27-28-29-30-31-32-33-34-35-36-38-40-42-48(56)53-45(46(55)41-39-37-8-6-4-2)44-60-52-51(59)50(58)49(57)47(43-54)61-52/h5,7,10-11,13-14,16-17,19-20,22-23,25-26,45-47,49-52,54-55,57-59H,3-4,6,8-9,12,15,18,21,24,27-44H2,1-2H3,(H,53,56)/b7-5-,11-10-,14-13-,17-16-,20-19-,23-22-,26-25-. The van der Waals surface area contributed by atoms with Gasteiger partial charge in [-0.25, -0.2) is 0 Å². The maximum Gasteiger partial charge on any atom is 0.220 e. The van der Waals surface area contributed by atoms with Crippen molar-refractivity contribution in [3.05, 3.63) is 85.1 Å². The van der Waals surface area contributed by atoms with E-state index in [0.29, 0.717) is 12.8 Å². The van der Waals surface area contributed by atoms with Gasteiger partial charge in [0.15, 0.2) is 6.29 Å². The van der Waals surface area contributed by atoms with Crippen molar-refractivity contribution >= 4 is 5.91 Å². The molecule has 7 unspecified atom stereocenters. The molecular formula is C52H89NO8. The predicted octanol–water partition coefficient (Wildman–Crippen LogP) is 10.7. The normalized spacial score (nSPS) is 21.2. The maximum absolute atomic E-state index is 12.9. The van der Waals surface area contributed by atoms with Gasteiger partial charge in [0, 0.05) is 6.42 Å². The molecule has 9 heteroatoms. The molecule has 0 aliphatic carbocycles. The van der Waals surface area contributed by atoms with E-state index in [9.17, 15) is 30.3 Å². The Morgan fingerprint density at radius 2 is 1.02 bits per heavy atom. The minimum Gasteiger partial charge on any atom is -0.394 e. The van der Waals surface area contributed by atoms with Crippen LogP contribution in [0.15, 0.2) is 85.1 Å². The molecule has 0 saturated carbocycles. The first-order chi connectivity index (χ1) is 29.8. The minimum absolute atomic E-state index is 0.146. The van der Waals surface area contributed by atoms with Gasteiger partial charge in [-0.15, -0.1) is 0 Å². The lowest BCUT2D eigenvalue weighted by Gasteiger charge is -2.40. The lowest BCUT2D eigenvalue weighted by Crippen LogP contribution is -2.60. The van der Waals surface area contributed by atoms with Crippen LogP contribution in [0.5, 0.6) is 0 Å². The van der Waals surface area contributed by atoms with Crippen LogP contribution >= 0.6 is 0 Å². The number of aliphatic hydroxyl groups excluding tert-OH is 5. The van der Waals surface area contributed by atoms with Crippen LogP contribution < -0.4 is 5.32 Å². The molecule has 1 rings (SSSR count). The third kappa shape index (κ3) is 31.8. The Kier molecular flexibility index (Phi) is 38.3. The number of carbonyl (C=O) groups is 1. The summed E-state index contributed by atoms with van der Waals surface area (Å²) in [5, 5.41) is 53.9. The second-order valence-corrected chi connectivity index (χ2v) is 16.5. The Hall–Kier alpha value is -2.63. The summed E-state index contributed by atoms with van der Waals surface area (Å²) in [5.74, 6) is -0.159. The predicted molar refractivity (Wildman–Crippen MR) is 253 cm³/mol. The van der Waals surface area contributed by atoms with Gasteiger partial charge in [0.2, 0.25) is 5.91 Å². The lowest BCUT2D eigenvalue weighted by atomic mass is 9.99. The number of carbonyl (C=O) groups excluding carboxylic acids is 1. The summed E-state index contributed by atoms with van der Waals surface area (Å²) in [6.45, 7) is 3.61. The summed E-state index contributed by atoms with van der Waals surface area (Å²) in [5.41, 5.74) is 0. The quantitative estimate of drug-likeness (QED) is 0.0264. The van der Waals surface area contributed by atoms with E-state index < -0.39 is 49.5 Å². The number of hydrogen-bond donors (Lipinski definition) is 6. The first-order valence-electron chi connectivity index (χ1n) is 24.3. The van der Waals surface area contributed by atoms with Crippen LogP contribution in [0.4, 0.5) is 0 Å². The Morgan fingerprint density at radius 3 is 1.51 bits per heavy atom. The average molecular weight is 856 g/mol. The van der Waals surface area contributed by atoms with Gasteiger partial charge in [0.1, 0.15) is 24.4 Å². The van der Waals surface area contributed by atoms with E-state index in [4.69, 9.17) is 9.47 Å². The summed E-state index contributed by atoms with van der Waals surface area (Å²) >= 11 is 0. The van der Waals surface area contributed by atoms with Crippen molar-refractivity contribution in [3.8, 4) is 0 Å². The molecule has 1 aliphatic rings. The highest BCUT2D eigenvalue weighted by Crippen LogP contribution is 2.23. The van der Waals surface area contributed by atoms with Crippen LogP contribution in [0.25, 0.3) is 0 Å². The molecule has 0 bridgehead atoms. The van der Waals surface area contributed by atoms with Crippen molar-refractivity contribution < 1.29 is 39.8 Å². The van der Waals surface area contributed by atoms with Crippen molar-refractivity contribution in [2.75, 3.05) is 13.2 Å². The van der Waals surface area contributed by atoms with Gasteiger partial charge < -0.3 is 40.3 Å². The average Bonchev–Trinajstić information content (AvgIpc) is 3.26. The smallest absolute Gasteiger partial charge is 0.220 e. The molecule has 0 spiro atoms. The number of unbranched alkanes of at least 4 members (excludes halogenated alkanes) is 15. The number of ether oxygens (including phenoxy) is 2. The van der Waals surface area contributed by atoms with E-state index in [1.807, 2.05) is 0 Å². The largest absolute Gasteiger partial charge is 0.394 e. The number of amides is 1. The Morgan fingerprint density at radius 1 is 0.574 bits per heavy atom. The summed E-state index contributed by atoms with van der Waals surface area (Å²) in [4.78, 5) is 12.9. The second kappa shape index (κ2) is 41.4. The highest BCUT2D eigenvalue weighted by molar-refractivity contribution is 5.76. The molecule has 1 amide bonds. The number of nitrogens with one attached hydrogen (secondary N) is 1. The fourth-order valence-electron chi connectivity index (χ4n) is 7.14. The van der Waals surface area contributed by atoms with E-state index in [0.717, 1.165) is 103 Å². The van der Waals surface area contributed by atoms with Crippen molar-refractivity contribution in [1.29, 1.82) is 0 Å². The molecule has 0 aromatic heterocycles. The molecule has 0 aromatic rings. The monoisotopic (exact) mass is 856 g/mol. The molecule has 1 heterocycles. The number of rotatable bonds is 39. The maximum atomic E-state index is 12.9. The number of aliphatic hydroxyl groups is 5. The number of hydrogen-bond acceptors (Lipinski definition) is 8. The van der Waals surface area contributed by atoms with Crippen molar-refractivity contribution in [1.82, 2.24) is 5.32 Å². The zero-order valence-electron chi connectivity index (χ0n) is 38.4. The third-order valence-corrected chi connectivity index (χ3v) is 11.0. The minimum atomic E-state index is -1.55. The molecular weight excluding hydrogens is 767 g/mol. The van der Waals surface area contributed by atoms with Crippen molar-refractivity contribution in [2.24, 2.45) is 0 Å². The van der Waals surface area contributed by atoms with Gasteiger partial charge >= 0.3 is 0 Å². The molecule has 6 N–H and O–H groups in total. The lowest BCUT2D eigenvalue weighted by molar-refractivity contribution is -0.302. The Balaban J connectivity index is 2.08. The van der Waals surface area contributed by atoms with E-state index in [2.05, 4.69) is 104 Å². The molecule has 0 aromatic carbocycles. The van der Waals surface area contributed by atoms with Crippen LogP contribution in [0.1, 0.15) is 181 Å². The molecule has 350 valence electrons. The fourth-order valence-corrected chi connectivity index (χ4v) is 7.14. The fraction of sp³-hybridized carbons (Fsp3) is 0.712.